The van der Waals surface area contributed by atoms with Gasteiger partial charge in [-0.1, -0.05) is 41.8 Å². The number of halogens is 1. The van der Waals surface area contributed by atoms with Crippen LogP contribution in [0.3, 0.4) is 0 Å². The van der Waals surface area contributed by atoms with E-state index < -0.39 is 0 Å². The first-order valence-corrected chi connectivity index (χ1v) is 7.32. The minimum Gasteiger partial charge on any atom is -0.324 e. The summed E-state index contributed by atoms with van der Waals surface area (Å²) in [6, 6.07) is 4.67. The van der Waals surface area contributed by atoms with Crippen molar-refractivity contribution < 1.29 is 0 Å². The van der Waals surface area contributed by atoms with E-state index in [9.17, 15) is 0 Å². The van der Waals surface area contributed by atoms with Crippen LogP contribution in [0.5, 0.6) is 0 Å². The lowest BCUT2D eigenvalue weighted by atomic mass is 9.84. The summed E-state index contributed by atoms with van der Waals surface area (Å²) >= 11 is 3.58. The van der Waals surface area contributed by atoms with Gasteiger partial charge in [0.1, 0.15) is 0 Å². The molecule has 0 radical (unpaired) electrons. The van der Waals surface area contributed by atoms with Gasteiger partial charge >= 0.3 is 0 Å². The molecule has 3 unspecified atom stereocenters. The topological polar surface area (TPSA) is 26.0 Å². The van der Waals surface area contributed by atoms with Crippen LogP contribution in [0, 0.1) is 25.7 Å². The van der Waals surface area contributed by atoms with E-state index >= 15 is 0 Å². The molecule has 1 nitrogen and oxygen atoms in total. The molecular formula is C15H22BrN. The maximum Gasteiger partial charge on any atom is 0.0328 e. The highest BCUT2D eigenvalue weighted by atomic mass is 79.9. The van der Waals surface area contributed by atoms with E-state index in [2.05, 4.69) is 48.8 Å². The minimum absolute atomic E-state index is 0.208. The Morgan fingerprint density at radius 1 is 1.24 bits per heavy atom. The summed E-state index contributed by atoms with van der Waals surface area (Å²) in [7, 11) is 0. The van der Waals surface area contributed by atoms with E-state index in [1.807, 2.05) is 0 Å². The van der Waals surface area contributed by atoms with Crippen LogP contribution in [0.25, 0.3) is 0 Å². The smallest absolute Gasteiger partial charge is 0.0328 e. The third-order valence-electron chi connectivity index (χ3n) is 4.30. The van der Waals surface area contributed by atoms with Gasteiger partial charge in [-0.3, -0.25) is 0 Å². The lowest BCUT2D eigenvalue weighted by Gasteiger charge is -2.25. The van der Waals surface area contributed by atoms with Crippen LogP contribution < -0.4 is 5.73 Å². The molecule has 0 aromatic heterocycles. The summed E-state index contributed by atoms with van der Waals surface area (Å²) in [5, 5.41) is 0. The molecule has 0 saturated heterocycles. The van der Waals surface area contributed by atoms with Gasteiger partial charge in [0, 0.05) is 10.5 Å². The lowest BCUT2D eigenvalue weighted by molar-refractivity contribution is 0.350. The summed E-state index contributed by atoms with van der Waals surface area (Å²) in [6.07, 6.45) is 3.97. The third kappa shape index (κ3) is 2.58. The van der Waals surface area contributed by atoms with Crippen molar-refractivity contribution in [2.24, 2.45) is 17.6 Å². The van der Waals surface area contributed by atoms with E-state index in [0.717, 1.165) is 5.92 Å². The van der Waals surface area contributed by atoms with Gasteiger partial charge in [-0.2, -0.15) is 0 Å². The van der Waals surface area contributed by atoms with Gasteiger partial charge in [0.2, 0.25) is 0 Å². The number of hydrogen-bond acceptors (Lipinski definition) is 1. The van der Waals surface area contributed by atoms with Gasteiger partial charge in [-0.05, 0) is 54.9 Å². The van der Waals surface area contributed by atoms with Crippen LogP contribution in [-0.2, 0) is 0 Å². The number of hydrogen-bond donors (Lipinski definition) is 1. The zero-order valence-corrected chi connectivity index (χ0v) is 12.5. The van der Waals surface area contributed by atoms with E-state index in [1.165, 1.54) is 40.4 Å². The maximum absolute atomic E-state index is 6.50. The Morgan fingerprint density at radius 3 is 2.53 bits per heavy atom. The van der Waals surface area contributed by atoms with Crippen molar-refractivity contribution in [2.75, 3.05) is 0 Å². The van der Waals surface area contributed by atoms with Crippen LogP contribution in [0.4, 0.5) is 0 Å². The van der Waals surface area contributed by atoms with Crippen LogP contribution in [0.1, 0.15) is 48.9 Å². The Balaban J connectivity index is 2.30. The molecule has 0 aliphatic heterocycles. The van der Waals surface area contributed by atoms with Crippen molar-refractivity contribution in [3.8, 4) is 0 Å². The van der Waals surface area contributed by atoms with Crippen LogP contribution >= 0.6 is 15.9 Å². The fraction of sp³-hybridized carbons (Fsp3) is 0.600. The summed E-state index contributed by atoms with van der Waals surface area (Å²) in [4.78, 5) is 0. The van der Waals surface area contributed by atoms with Gasteiger partial charge in [-0.25, -0.2) is 0 Å². The van der Waals surface area contributed by atoms with Crippen molar-refractivity contribution >= 4 is 15.9 Å². The highest BCUT2D eigenvalue weighted by molar-refractivity contribution is 9.10. The molecule has 3 atom stereocenters. The fourth-order valence-electron chi connectivity index (χ4n) is 3.10. The minimum atomic E-state index is 0.208. The van der Waals surface area contributed by atoms with Gasteiger partial charge < -0.3 is 5.73 Å². The molecule has 17 heavy (non-hydrogen) atoms. The molecule has 1 saturated carbocycles. The highest BCUT2D eigenvalue weighted by Gasteiger charge is 2.30. The third-order valence-corrected chi connectivity index (χ3v) is 5.15. The van der Waals surface area contributed by atoms with E-state index in [-0.39, 0.29) is 6.04 Å². The highest BCUT2D eigenvalue weighted by Crippen LogP contribution is 2.40. The number of aryl methyl sites for hydroxylation is 2. The molecule has 2 rings (SSSR count). The van der Waals surface area contributed by atoms with Gasteiger partial charge in [0.05, 0.1) is 0 Å². The molecule has 94 valence electrons. The molecule has 0 spiro atoms. The fourth-order valence-corrected chi connectivity index (χ4v) is 3.56. The van der Waals surface area contributed by atoms with Crippen LogP contribution in [-0.4, -0.2) is 0 Å². The summed E-state index contributed by atoms with van der Waals surface area (Å²) < 4.78 is 1.19. The molecule has 2 N–H and O–H groups in total. The monoisotopic (exact) mass is 295 g/mol. The predicted octanol–water partition coefficient (Wildman–Crippen LogP) is 4.50. The molecule has 0 bridgehead atoms. The van der Waals surface area contributed by atoms with Crippen molar-refractivity contribution in [3.63, 3.8) is 0 Å². The second kappa shape index (κ2) is 5.11. The molecule has 2 heteroatoms. The summed E-state index contributed by atoms with van der Waals surface area (Å²) in [5.41, 5.74) is 10.4. The molecule has 1 fully saturated rings. The second-order valence-corrected chi connectivity index (χ2v) is 6.41. The van der Waals surface area contributed by atoms with Gasteiger partial charge in [-0.15, -0.1) is 0 Å². The van der Waals surface area contributed by atoms with Gasteiger partial charge in [0.25, 0.3) is 0 Å². The first-order chi connectivity index (χ1) is 8.00. The Hall–Kier alpha value is -0.340. The average molecular weight is 296 g/mol. The Morgan fingerprint density at radius 2 is 1.94 bits per heavy atom. The van der Waals surface area contributed by atoms with Crippen molar-refractivity contribution in [1.29, 1.82) is 0 Å². The van der Waals surface area contributed by atoms with Crippen molar-refractivity contribution in [3.05, 3.63) is 33.3 Å². The van der Waals surface area contributed by atoms with E-state index in [0.29, 0.717) is 5.92 Å². The predicted molar refractivity (Wildman–Crippen MR) is 77.0 cm³/mol. The largest absolute Gasteiger partial charge is 0.324 e. The number of nitrogens with two attached hydrogens (primary N) is 1. The zero-order chi connectivity index (χ0) is 12.6. The average Bonchev–Trinajstić information content (AvgIpc) is 2.69. The molecule has 0 heterocycles. The van der Waals surface area contributed by atoms with Gasteiger partial charge in [0.15, 0.2) is 0 Å². The standard InChI is InChI=1S/C15H22BrN/c1-9-5-4-6-12(9)15(17)13-7-11(3)14(16)8-10(13)2/h7-9,12,15H,4-6,17H2,1-3H3. The Labute approximate surface area is 113 Å². The second-order valence-electron chi connectivity index (χ2n) is 5.56. The zero-order valence-electron chi connectivity index (χ0n) is 11.0. The molecule has 1 aromatic rings. The van der Waals surface area contributed by atoms with Crippen molar-refractivity contribution in [1.82, 2.24) is 0 Å². The number of rotatable bonds is 2. The molecule has 1 aliphatic carbocycles. The SMILES string of the molecule is Cc1cc(C(N)C2CCCC2C)c(C)cc1Br. The van der Waals surface area contributed by atoms with Crippen molar-refractivity contribution in [2.45, 2.75) is 46.1 Å². The van der Waals surface area contributed by atoms with Crippen LogP contribution in [0.15, 0.2) is 16.6 Å². The first-order valence-electron chi connectivity index (χ1n) is 6.53. The lowest BCUT2D eigenvalue weighted by Crippen LogP contribution is -2.24. The van der Waals surface area contributed by atoms with E-state index in [1.54, 1.807) is 0 Å². The Bertz CT molecular complexity index is 414. The summed E-state index contributed by atoms with van der Waals surface area (Å²) in [6.45, 7) is 6.65. The normalized spacial score (nSPS) is 26.2. The molecular weight excluding hydrogens is 274 g/mol. The van der Waals surface area contributed by atoms with E-state index in [4.69, 9.17) is 5.73 Å². The first kappa shape index (κ1) is 13.1. The van der Waals surface area contributed by atoms with Crippen LogP contribution in [0.2, 0.25) is 0 Å². The molecule has 1 aromatic carbocycles. The molecule has 1 aliphatic rings. The summed E-state index contributed by atoms with van der Waals surface area (Å²) in [5.74, 6) is 1.43. The number of benzene rings is 1. The maximum atomic E-state index is 6.50. The molecule has 0 amide bonds. The Kier molecular flexibility index (Phi) is 3.94. The quantitative estimate of drug-likeness (QED) is 0.854.